The number of anilines is 1. The number of fused-ring (bicyclic) bond motifs is 4. The SMILES string of the molecule is CCC(/C=C1\Sc2cc3ccccc3cc2N1CCCS(=O)(=O)O)=C\c1sc2cc3ccccc3cc2[n+]1CCCS(=O)(=O)[O-]. The minimum absolute atomic E-state index is 0.207. The first-order valence-electron chi connectivity index (χ1n) is 14.6. The molecule has 4 aromatic carbocycles. The summed E-state index contributed by atoms with van der Waals surface area (Å²) in [6.45, 7) is 2.87. The van der Waals surface area contributed by atoms with Gasteiger partial charge in [-0.3, -0.25) is 4.55 Å². The van der Waals surface area contributed by atoms with Crippen LogP contribution in [-0.4, -0.2) is 44.0 Å². The summed E-state index contributed by atoms with van der Waals surface area (Å²) < 4.78 is 69.7. The highest BCUT2D eigenvalue weighted by molar-refractivity contribution is 8.03. The topological polar surface area (TPSA) is 119 Å². The number of benzene rings is 4. The molecule has 1 aromatic heterocycles. The van der Waals surface area contributed by atoms with Gasteiger partial charge in [0.2, 0.25) is 5.52 Å². The van der Waals surface area contributed by atoms with Gasteiger partial charge >= 0.3 is 0 Å². The van der Waals surface area contributed by atoms with Crippen molar-refractivity contribution in [2.45, 2.75) is 37.6 Å². The van der Waals surface area contributed by atoms with Crippen molar-refractivity contribution in [3.8, 4) is 0 Å². The van der Waals surface area contributed by atoms with Crippen molar-refractivity contribution >= 4 is 86.9 Å². The van der Waals surface area contributed by atoms with Crippen LogP contribution in [0.15, 0.2) is 94.4 Å². The molecule has 0 spiro atoms. The third-order valence-corrected chi connectivity index (χ3v) is 11.6. The number of aryl methyl sites for hydroxylation is 1. The number of aromatic nitrogens is 1. The monoisotopic (exact) mass is 680 g/mol. The molecule has 234 valence electrons. The minimum Gasteiger partial charge on any atom is -0.748 e. The fourth-order valence-corrected chi connectivity index (χ4v) is 8.98. The largest absolute Gasteiger partial charge is 0.748 e. The van der Waals surface area contributed by atoms with Crippen LogP contribution in [0.3, 0.4) is 0 Å². The second kappa shape index (κ2) is 12.9. The summed E-state index contributed by atoms with van der Waals surface area (Å²) in [7, 11) is -8.42. The van der Waals surface area contributed by atoms with E-state index < -0.39 is 26.0 Å². The fraction of sp³-hybridized carbons (Fsp3) is 0.242. The van der Waals surface area contributed by atoms with Gasteiger partial charge in [0.15, 0.2) is 6.54 Å². The van der Waals surface area contributed by atoms with E-state index in [1.165, 1.54) is 0 Å². The zero-order valence-corrected chi connectivity index (χ0v) is 27.8. The van der Waals surface area contributed by atoms with Gasteiger partial charge < -0.3 is 9.45 Å². The second-order valence-corrected chi connectivity index (χ2v) is 16.2. The highest BCUT2D eigenvalue weighted by atomic mass is 32.2. The van der Waals surface area contributed by atoms with Crippen molar-refractivity contribution in [2.75, 3.05) is 23.0 Å². The first-order chi connectivity index (χ1) is 21.5. The van der Waals surface area contributed by atoms with E-state index in [4.69, 9.17) is 0 Å². The highest BCUT2D eigenvalue weighted by Crippen LogP contribution is 2.48. The Kier molecular flexibility index (Phi) is 9.06. The van der Waals surface area contributed by atoms with Gasteiger partial charge in [0, 0.05) is 35.8 Å². The standard InChI is InChI=1S/C33H32N2O6S4/c1-2-23(17-32-34(13-7-15-44(36,37)38)28-19-24-9-3-5-11-26(24)21-30(28)42-32)18-33-35(14-8-16-45(39,40)41)29-20-25-10-4-6-12-27(25)22-31(29)43-33/h3-6,9-12,17-22H,2,7-8,13-16H2,1H3,(H-,36,37,38,39,40,41). The maximum absolute atomic E-state index is 11.5. The smallest absolute Gasteiger partial charge is 0.264 e. The Bertz CT molecular complexity index is 2210. The van der Waals surface area contributed by atoms with Gasteiger partial charge in [-0.25, -0.2) is 8.42 Å². The molecule has 5 aromatic rings. The van der Waals surface area contributed by atoms with Crippen LogP contribution < -0.4 is 9.47 Å². The summed E-state index contributed by atoms with van der Waals surface area (Å²) in [4.78, 5) is 3.19. The van der Waals surface area contributed by atoms with Crippen molar-refractivity contribution in [1.82, 2.24) is 0 Å². The Labute approximate surface area is 271 Å². The predicted molar refractivity (Wildman–Crippen MR) is 183 cm³/mol. The number of thiazole rings is 1. The van der Waals surface area contributed by atoms with Crippen LogP contribution in [0.25, 0.3) is 37.8 Å². The van der Waals surface area contributed by atoms with Gasteiger partial charge in [-0.1, -0.05) is 78.6 Å². The van der Waals surface area contributed by atoms with Crippen LogP contribution >= 0.6 is 23.1 Å². The third-order valence-electron chi connectivity index (χ3n) is 7.78. The summed E-state index contributed by atoms with van der Waals surface area (Å²) >= 11 is 3.25. The molecule has 0 bridgehead atoms. The molecule has 0 unspecified atom stereocenters. The van der Waals surface area contributed by atoms with E-state index in [9.17, 15) is 25.9 Å². The van der Waals surface area contributed by atoms with Crippen molar-refractivity contribution in [2.24, 2.45) is 0 Å². The molecular weight excluding hydrogens is 649 g/mol. The van der Waals surface area contributed by atoms with Gasteiger partial charge in [-0.05, 0) is 64.2 Å². The molecule has 0 saturated heterocycles. The molecule has 45 heavy (non-hydrogen) atoms. The summed E-state index contributed by atoms with van der Waals surface area (Å²) in [5.74, 6) is -0.753. The molecule has 0 saturated carbocycles. The van der Waals surface area contributed by atoms with E-state index >= 15 is 0 Å². The van der Waals surface area contributed by atoms with Crippen LogP contribution in [0.5, 0.6) is 0 Å². The number of rotatable bonds is 11. The van der Waals surface area contributed by atoms with E-state index in [1.54, 1.807) is 23.1 Å². The lowest BCUT2D eigenvalue weighted by molar-refractivity contribution is -0.668. The molecule has 6 rings (SSSR count). The molecule has 1 N–H and O–H groups in total. The predicted octanol–water partition coefficient (Wildman–Crippen LogP) is 6.96. The Morgan fingerprint density at radius 2 is 1.56 bits per heavy atom. The quantitative estimate of drug-likeness (QED) is 0.118. The average Bonchev–Trinajstić information content (AvgIpc) is 3.48. The Balaban J connectivity index is 1.41. The minimum atomic E-state index is -4.33. The lowest BCUT2D eigenvalue weighted by Crippen LogP contribution is -2.36. The van der Waals surface area contributed by atoms with E-state index in [0.717, 1.165) is 58.0 Å². The molecule has 12 heteroatoms. The normalized spacial score (nSPS) is 15.1. The van der Waals surface area contributed by atoms with Crippen molar-refractivity contribution < 1.29 is 30.5 Å². The molecule has 0 aliphatic carbocycles. The summed E-state index contributed by atoms with van der Waals surface area (Å²) in [5, 5.41) is 6.30. The van der Waals surface area contributed by atoms with E-state index in [0.29, 0.717) is 19.5 Å². The molecule has 0 amide bonds. The molecule has 8 nitrogen and oxygen atoms in total. The summed E-state index contributed by atoms with van der Waals surface area (Å²) in [6, 6.07) is 24.7. The van der Waals surface area contributed by atoms with Crippen molar-refractivity contribution in [3.63, 3.8) is 0 Å². The molecule has 0 radical (unpaired) electrons. The number of nitrogens with zero attached hydrogens (tertiary/aromatic N) is 2. The molecule has 1 aliphatic heterocycles. The average molecular weight is 681 g/mol. The van der Waals surface area contributed by atoms with Crippen LogP contribution in [0, 0.1) is 0 Å². The first kappa shape index (κ1) is 31.7. The highest BCUT2D eigenvalue weighted by Gasteiger charge is 2.27. The van der Waals surface area contributed by atoms with E-state index in [-0.39, 0.29) is 18.6 Å². The van der Waals surface area contributed by atoms with Crippen LogP contribution in [0.4, 0.5) is 5.69 Å². The Hall–Kier alpha value is -3.26. The van der Waals surface area contributed by atoms with Gasteiger partial charge in [-0.2, -0.15) is 13.0 Å². The van der Waals surface area contributed by atoms with E-state index in [1.807, 2.05) is 30.3 Å². The summed E-state index contributed by atoms with van der Waals surface area (Å²) in [5.41, 5.74) is 3.02. The Morgan fingerprint density at radius 3 is 2.20 bits per heavy atom. The van der Waals surface area contributed by atoms with Crippen molar-refractivity contribution in [3.05, 3.63) is 94.5 Å². The maximum Gasteiger partial charge on any atom is 0.264 e. The third kappa shape index (κ3) is 7.43. The first-order valence-corrected chi connectivity index (χ1v) is 19.4. The fourth-order valence-electron chi connectivity index (χ4n) is 5.62. The number of hydrogen-bond acceptors (Lipinski definition) is 8. The molecular formula is C33H32N2O6S4. The summed E-state index contributed by atoms with van der Waals surface area (Å²) in [6.07, 6.45) is 5.42. The van der Waals surface area contributed by atoms with Gasteiger partial charge in [0.05, 0.1) is 26.6 Å². The Morgan fingerprint density at radius 1 is 0.911 bits per heavy atom. The number of thioether (sulfide) groups is 1. The second-order valence-electron chi connectivity index (χ2n) is 11.0. The van der Waals surface area contributed by atoms with Gasteiger partial charge in [-0.15, -0.1) is 0 Å². The number of hydrogen-bond donors (Lipinski definition) is 1. The van der Waals surface area contributed by atoms with Crippen LogP contribution in [0.2, 0.25) is 0 Å². The molecule has 0 fully saturated rings. The van der Waals surface area contributed by atoms with Gasteiger partial charge in [0.25, 0.3) is 15.1 Å². The zero-order chi connectivity index (χ0) is 31.8. The maximum atomic E-state index is 11.5. The molecule has 0 atom stereocenters. The lowest BCUT2D eigenvalue weighted by atomic mass is 10.1. The van der Waals surface area contributed by atoms with Crippen LogP contribution in [0.1, 0.15) is 31.2 Å². The van der Waals surface area contributed by atoms with Gasteiger partial charge in [0.1, 0.15) is 4.70 Å². The number of allylic oxidation sites excluding steroid dienone is 2. The molecule has 2 heterocycles. The van der Waals surface area contributed by atoms with E-state index in [2.05, 4.69) is 71.0 Å². The zero-order valence-electron chi connectivity index (χ0n) is 24.5. The lowest BCUT2D eigenvalue weighted by Gasteiger charge is -2.21. The van der Waals surface area contributed by atoms with Crippen molar-refractivity contribution in [1.29, 1.82) is 0 Å². The molecule has 1 aliphatic rings. The van der Waals surface area contributed by atoms with Crippen LogP contribution in [-0.2, 0) is 26.8 Å².